The van der Waals surface area contributed by atoms with Crippen molar-refractivity contribution in [3.05, 3.63) is 50.3 Å². The Hall–Kier alpha value is -3.31. The molecule has 0 atom stereocenters. The van der Waals surface area contributed by atoms with Gasteiger partial charge in [-0.15, -0.1) is 0 Å². The first kappa shape index (κ1) is 23.4. The van der Waals surface area contributed by atoms with E-state index in [0.29, 0.717) is 31.7 Å². The molecule has 11 heteroatoms. The first-order chi connectivity index (χ1) is 15.3. The quantitative estimate of drug-likeness (QED) is 0.481. The number of nitrogens with two attached hydrogens (primary N) is 1. The average molecular weight is 444 g/mol. The fourth-order valence-electron chi connectivity index (χ4n) is 3.73. The lowest BCUT2D eigenvalue weighted by molar-refractivity contribution is -0.121. The summed E-state index contributed by atoms with van der Waals surface area (Å²) in [7, 11) is 1.47. The van der Waals surface area contributed by atoms with Crippen molar-refractivity contribution in [1.82, 2.24) is 19.4 Å². The molecule has 0 bridgehead atoms. The van der Waals surface area contributed by atoms with E-state index in [1.54, 1.807) is 12.3 Å². The Kier molecular flexibility index (Phi) is 7.54. The van der Waals surface area contributed by atoms with Gasteiger partial charge in [-0.25, -0.2) is 9.78 Å². The van der Waals surface area contributed by atoms with E-state index < -0.39 is 17.0 Å². The van der Waals surface area contributed by atoms with Gasteiger partial charge in [-0.1, -0.05) is 0 Å². The number of ketones is 1. The van der Waals surface area contributed by atoms with Crippen molar-refractivity contribution in [3.8, 4) is 0 Å². The van der Waals surface area contributed by atoms with Crippen molar-refractivity contribution >= 4 is 23.3 Å². The lowest BCUT2D eigenvalue weighted by Crippen LogP contribution is -2.43. The third-order valence-electron chi connectivity index (χ3n) is 5.53. The fraction of sp³-hybridized carbons (Fsp3) is 0.476. The number of likely N-dealkylation sites (tertiary alicyclic amines) is 1. The van der Waals surface area contributed by atoms with Gasteiger partial charge in [-0.3, -0.25) is 28.8 Å². The van der Waals surface area contributed by atoms with Gasteiger partial charge in [-0.05, 0) is 50.6 Å². The Balaban J connectivity index is 1.60. The highest BCUT2D eigenvalue weighted by Gasteiger charge is 2.28. The molecule has 0 unspecified atom stereocenters. The minimum absolute atomic E-state index is 0.0243. The second kappa shape index (κ2) is 10.3. The summed E-state index contributed by atoms with van der Waals surface area (Å²) in [5.74, 6) is -0.401. The highest BCUT2D eigenvalue weighted by molar-refractivity contribution is 6.01. The minimum Gasteiger partial charge on any atom is -0.384 e. The van der Waals surface area contributed by atoms with Crippen molar-refractivity contribution < 1.29 is 14.3 Å². The van der Waals surface area contributed by atoms with E-state index in [-0.39, 0.29) is 42.9 Å². The Labute approximate surface area is 184 Å². The standard InChI is InChI=1S/C21H28N6O5/c1-13-3-6-23-16(11-13)24-19(29)14-4-7-26(8-5-14)12-15(28)17-18(22)27(9-10-32-2)21(31)25-20(17)30/h3,6,11,14H,4-5,7-10,12,22H2,1-2H3,(H,23,24,29)(H,25,30,31). The molecule has 2 aromatic rings. The monoisotopic (exact) mass is 444 g/mol. The van der Waals surface area contributed by atoms with Crippen LogP contribution in [-0.2, 0) is 16.1 Å². The maximum absolute atomic E-state index is 12.8. The van der Waals surface area contributed by atoms with Gasteiger partial charge in [0.15, 0.2) is 5.78 Å². The zero-order chi connectivity index (χ0) is 23.3. The number of aromatic amines is 1. The number of ether oxygens (including phenoxy) is 1. The molecule has 1 aliphatic rings. The maximum Gasteiger partial charge on any atom is 0.330 e. The van der Waals surface area contributed by atoms with Gasteiger partial charge in [0.25, 0.3) is 5.56 Å². The van der Waals surface area contributed by atoms with Crippen molar-refractivity contribution in [1.29, 1.82) is 0 Å². The number of carbonyl (C=O) groups excluding carboxylic acids is 2. The number of methoxy groups -OCH3 is 1. The molecular formula is C21H28N6O5. The van der Waals surface area contributed by atoms with E-state index in [2.05, 4.69) is 15.3 Å². The predicted molar refractivity (Wildman–Crippen MR) is 119 cm³/mol. The van der Waals surface area contributed by atoms with Crippen LogP contribution in [0, 0.1) is 12.8 Å². The number of anilines is 2. The molecule has 3 heterocycles. The van der Waals surface area contributed by atoms with Crippen LogP contribution in [0.1, 0.15) is 28.8 Å². The summed E-state index contributed by atoms with van der Waals surface area (Å²) >= 11 is 0. The van der Waals surface area contributed by atoms with Gasteiger partial charge < -0.3 is 15.8 Å². The van der Waals surface area contributed by atoms with Crippen LogP contribution in [-0.4, -0.2) is 64.5 Å². The second-order valence-corrected chi connectivity index (χ2v) is 7.85. The number of nitrogens with one attached hydrogen (secondary N) is 2. The summed E-state index contributed by atoms with van der Waals surface area (Å²) in [5.41, 5.74) is 5.26. The van der Waals surface area contributed by atoms with Crippen molar-refractivity contribution in [3.63, 3.8) is 0 Å². The fourth-order valence-corrected chi connectivity index (χ4v) is 3.73. The van der Waals surface area contributed by atoms with Gasteiger partial charge in [0.1, 0.15) is 17.2 Å². The molecule has 3 rings (SSSR count). The van der Waals surface area contributed by atoms with Gasteiger partial charge >= 0.3 is 5.69 Å². The molecule has 0 aliphatic carbocycles. The second-order valence-electron chi connectivity index (χ2n) is 7.85. The molecule has 1 aliphatic heterocycles. The molecule has 4 N–H and O–H groups in total. The summed E-state index contributed by atoms with van der Waals surface area (Å²) in [6.45, 7) is 3.27. The molecule has 2 aromatic heterocycles. The number of carbonyl (C=O) groups is 2. The summed E-state index contributed by atoms with van der Waals surface area (Å²) in [5, 5.41) is 2.84. The summed E-state index contributed by atoms with van der Waals surface area (Å²) in [6, 6.07) is 3.66. The van der Waals surface area contributed by atoms with Gasteiger partial charge in [0.05, 0.1) is 19.7 Å². The maximum atomic E-state index is 12.8. The zero-order valence-corrected chi connectivity index (χ0v) is 18.2. The highest BCUT2D eigenvalue weighted by Crippen LogP contribution is 2.20. The number of hydrogen-bond donors (Lipinski definition) is 3. The number of nitrogens with zero attached hydrogens (tertiary/aromatic N) is 3. The number of piperidine rings is 1. The smallest absolute Gasteiger partial charge is 0.330 e. The summed E-state index contributed by atoms with van der Waals surface area (Å²) < 4.78 is 6.06. The van der Waals surface area contributed by atoms with Gasteiger partial charge in [0.2, 0.25) is 5.91 Å². The van der Waals surface area contributed by atoms with E-state index in [1.807, 2.05) is 17.9 Å². The Bertz CT molecular complexity index is 1100. The molecular weight excluding hydrogens is 416 g/mol. The number of pyridine rings is 1. The van der Waals surface area contributed by atoms with Crippen molar-refractivity contribution in [2.24, 2.45) is 5.92 Å². The van der Waals surface area contributed by atoms with Crippen molar-refractivity contribution in [2.45, 2.75) is 26.3 Å². The molecule has 0 aromatic carbocycles. The molecule has 1 saturated heterocycles. The van der Waals surface area contributed by atoms with Crippen LogP contribution in [0.25, 0.3) is 0 Å². The van der Waals surface area contributed by atoms with E-state index in [1.165, 1.54) is 7.11 Å². The molecule has 1 amide bonds. The first-order valence-electron chi connectivity index (χ1n) is 10.4. The van der Waals surface area contributed by atoms with Gasteiger partial charge in [-0.2, -0.15) is 0 Å². The minimum atomic E-state index is -0.800. The van der Waals surface area contributed by atoms with Crippen LogP contribution in [0.3, 0.4) is 0 Å². The molecule has 0 saturated carbocycles. The van der Waals surface area contributed by atoms with Gasteiger partial charge in [0, 0.05) is 19.2 Å². The number of aromatic nitrogens is 3. The van der Waals surface area contributed by atoms with E-state index in [4.69, 9.17) is 10.5 Å². The van der Waals surface area contributed by atoms with Crippen LogP contribution < -0.4 is 22.3 Å². The third-order valence-corrected chi connectivity index (χ3v) is 5.53. The summed E-state index contributed by atoms with van der Waals surface area (Å²) in [4.78, 5) is 57.7. The lowest BCUT2D eigenvalue weighted by Gasteiger charge is -2.30. The number of amides is 1. The summed E-state index contributed by atoms with van der Waals surface area (Å²) in [6.07, 6.45) is 2.79. The molecule has 32 heavy (non-hydrogen) atoms. The average Bonchev–Trinajstić information content (AvgIpc) is 2.74. The largest absolute Gasteiger partial charge is 0.384 e. The van der Waals surface area contributed by atoms with Crippen LogP contribution in [0.15, 0.2) is 27.9 Å². The lowest BCUT2D eigenvalue weighted by atomic mass is 9.95. The normalized spacial score (nSPS) is 14.9. The molecule has 172 valence electrons. The van der Waals surface area contributed by atoms with E-state index in [0.717, 1.165) is 10.1 Å². The SMILES string of the molecule is COCCn1c(N)c(C(=O)CN2CCC(C(=O)Nc3cc(C)ccn3)CC2)c(=O)[nH]c1=O. The van der Waals surface area contributed by atoms with Crippen LogP contribution in [0.5, 0.6) is 0 Å². The number of nitrogen functional groups attached to an aromatic ring is 1. The third kappa shape index (κ3) is 5.48. The number of hydrogen-bond acceptors (Lipinski definition) is 8. The number of H-pyrrole nitrogens is 1. The van der Waals surface area contributed by atoms with Crippen LogP contribution >= 0.6 is 0 Å². The number of rotatable bonds is 8. The predicted octanol–water partition coefficient (Wildman–Crippen LogP) is 0.00202. The first-order valence-corrected chi connectivity index (χ1v) is 10.4. The number of Topliss-reactive ketones (excluding diaryl/α,β-unsaturated/α-hetero) is 1. The molecule has 0 spiro atoms. The molecule has 0 radical (unpaired) electrons. The van der Waals surface area contributed by atoms with Crippen LogP contribution in [0.4, 0.5) is 11.6 Å². The number of aryl methyl sites for hydroxylation is 1. The van der Waals surface area contributed by atoms with E-state index >= 15 is 0 Å². The molecule has 11 nitrogen and oxygen atoms in total. The van der Waals surface area contributed by atoms with E-state index in [9.17, 15) is 19.2 Å². The topological polar surface area (TPSA) is 152 Å². The Morgan fingerprint density at radius 1 is 1.31 bits per heavy atom. The Morgan fingerprint density at radius 2 is 2.03 bits per heavy atom. The van der Waals surface area contributed by atoms with Crippen LogP contribution in [0.2, 0.25) is 0 Å². The van der Waals surface area contributed by atoms with Crippen molar-refractivity contribution in [2.75, 3.05) is 44.4 Å². The highest BCUT2D eigenvalue weighted by atomic mass is 16.5. The zero-order valence-electron chi connectivity index (χ0n) is 18.2. The molecule has 1 fully saturated rings. The Morgan fingerprint density at radius 3 is 2.69 bits per heavy atom.